The Morgan fingerprint density at radius 1 is 0.941 bits per heavy atom. The molecule has 0 saturated heterocycles. The molecule has 0 atom stereocenters. The third-order valence-corrected chi connectivity index (χ3v) is 3.36. The molecule has 0 aromatic heterocycles. The van der Waals surface area contributed by atoms with E-state index in [1.807, 2.05) is 6.92 Å². The Bertz CT molecular complexity index is 263. The third kappa shape index (κ3) is 4.00. The summed E-state index contributed by atoms with van der Waals surface area (Å²) in [6.07, 6.45) is 0. The Kier molecular flexibility index (Phi) is 5.61. The fraction of sp³-hybridized carbons (Fsp3) is 0.833. The average molecular weight is 243 g/mol. The van der Waals surface area contributed by atoms with Gasteiger partial charge in [0.25, 0.3) is 0 Å². The van der Waals surface area contributed by atoms with Gasteiger partial charge in [-0.1, -0.05) is 27.7 Å². The molecule has 0 unspecified atom stereocenters. The molecule has 2 N–H and O–H groups in total. The molecule has 0 aliphatic heterocycles. The summed E-state index contributed by atoms with van der Waals surface area (Å²) in [7, 11) is 0. The normalized spacial score (nSPS) is 12.1. The third-order valence-electron chi connectivity index (χ3n) is 3.36. The predicted molar refractivity (Wildman–Crippen MR) is 67.6 cm³/mol. The Balaban J connectivity index is 5.20. The first-order valence-corrected chi connectivity index (χ1v) is 5.97. The lowest BCUT2D eigenvalue weighted by Gasteiger charge is -2.46. The highest BCUT2D eigenvalue weighted by Gasteiger charge is 2.39. The van der Waals surface area contributed by atoms with Crippen LogP contribution in [0.3, 0.4) is 0 Å². The number of carbonyl (C=O) groups excluding carboxylic acids is 2. The molecule has 0 radical (unpaired) electrons. The van der Waals surface area contributed by atoms with E-state index in [0.29, 0.717) is 0 Å². The summed E-state index contributed by atoms with van der Waals surface area (Å²) in [6.45, 7) is 13.1. The van der Waals surface area contributed by atoms with Gasteiger partial charge < -0.3 is 0 Å². The van der Waals surface area contributed by atoms with E-state index >= 15 is 0 Å². The lowest BCUT2D eigenvalue weighted by Crippen LogP contribution is -2.66. The number of hydrazine groups is 2. The smallest absolute Gasteiger partial charge is 0.232 e. The average Bonchev–Trinajstić information content (AvgIpc) is 2.13. The van der Waals surface area contributed by atoms with Gasteiger partial charge in [-0.3, -0.25) is 20.4 Å². The van der Waals surface area contributed by atoms with Crippen LogP contribution >= 0.6 is 0 Å². The van der Waals surface area contributed by atoms with Crippen LogP contribution in [0, 0.1) is 11.8 Å². The van der Waals surface area contributed by atoms with Gasteiger partial charge in [-0.15, -0.1) is 5.12 Å². The van der Waals surface area contributed by atoms with Crippen LogP contribution in [-0.4, -0.2) is 22.5 Å². The van der Waals surface area contributed by atoms with Crippen molar-refractivity contribution in [3.63, 3.8) is 0 Å². The largest absolute Gasteiger partial charge is 0.274 e. The molecule has 0 aromatic carbocycles. The first kappa shape index (κ1) is 15.9. The topological polar surface area (TPSA) is 61.4 Å². The molecule has 0 fully saturated rings. The van der Waals surface area contributed by atoms with Crippen molar-refractivity contribution in [2.45, 2.75) is 54.0 Å². The first-order chi connectivity index (χ1) is 7.62. The van der Waals surface area contributed by atoms with E-state index in [1.165, 1.54) is 19.0 Å². The highest BCUT2D eigenvalue weighted by Crippen LogP contribution is 2.30. The predicted octanol–water partition coefficient (Wildman–Crippen LogP) is 1.46. The fourth-order valence-corrected chi connectivity index (χ4v) is 1.77. The van der Waals surface area contributed by atoms with Gasteiger partial charge in [0.2, 0.25) is 11.8 Å². The molecular weight excluding hydrogens is 218 g/mol. The van der Waals surface area contributed by atoms with Crippen molar-refractivity contribution in [2.24, 2.45) is 11.8 Å². The van der Waals surface area contributed by atoms with Gasteiger partial charge in [-0.25, -0.2) is 0 Å². The maximum atomic E-state index is 11.2. The lowest BCUT2D eigenvalue weighted by atomic mass is 9.79. The van der Waals surface area contributed by atoms with Gasteiger partial charge >= 0.3 is 0 Å². The van der Waals surface area contributed by atoms with Crippen molar-refractivity contribution in [2.75, 3.05) is 0 Å². The van der Waals surface area contributed by atoms with E-state index < -0.39 is 0 Å². The molecule has 100 valence electrons. The minimum Gasteiger partial charge on any atom is -0.274 e. The van der Waals surface area contributed by atoms with Crippen LogP contribution in [0.25, 0.3) is 0 Å². The highest BCUT2D eigenvalue weighted by molar-refractivity contribution is 5.74. The number of hydrogen-bond acceptors (Lipinski definition) is 3. The van der Waals surface area contributed by atoms with Crippen molar-refractivity contribution >= 4 is 11.8 Å². The highest BCUT2D eigenvalue weighted by atomic mass is 16.2. The maximum absolute atomic E-state index is 11.2. The molecule has 17 heavy (non-hydrogen) atoms. The van der Waals surface area contributed by atoms with Crippen molar-refractivity contribution in [3.8, 4) is 0 Å². The number of carbonyl (C=O) groups is 2. The summed E-state index contributed by atoms with van der Waals surface area (Å²) in [6, 6.07) is 0. The van der Waals surface area contributed by atoms with Crippen molar-refractivity contribution < 1.29 is 9.59 Å². The van der Waals surface area contributed by atoms with Gasteiger partial charge in [0.1, 0.15) is 0 Å². The van der Waals surface area contributed by atoms with Crippen LogP contribution < -0.4 is 10.9 Å². The SMILES string of the molecule is CC(=O)NN(NC(C)=O)C(C)(C(C)C)C(C)C. The van der Waals surface area contributed by atoms with Gasteiger partial charge in [0.05, 0.1) is 5.54 Å². The van der Waals surface area contributed by atoms with E-state index in [0.717, 1.165) is 0 Å². The summed E-state index contributed by atoms with van der Waals surface area (Å²) < 4.78 is 0. The summed E-state index contributed by atoms with van der Waals surface area (Å²) in [5, 5.41) is 1.53. The van der Waals surface area contributed by atoms with E-state index in [4.69, 9.17) is 0 Å². The lowest BCUT2D eigenvalue weighted by molar-refractivity contribution is -0.144. The molecule has 0 saturated carbocycles. The van der Waals surface area contributed by atoms with E-state index in [-0.39, 0.29) is 29.2 Å². The standard InChI is InChI=1S/C12H25N3O2/c1-8(2)12(7,9(3)4)15(13-10(5)16)14-11(6)17/h8-9H,1-7H3,(H,13,16)(H,14,17). The molecule has 0 rings (SSSR count). The molecule has 2 amide bonds. The second-order valence-corrected chi connectivity index (χ2v) is 5.21. The van der Waals surface area contributed by atoms with Crippen LogP contribution in [0.5, 0.6) is 0 Å². The molecule has 5 heteroatoms. The Morgan fingerprint density at radius 2 is 1.24 bits per heavy atom. The van der Waals surface area contributed by atoms with Crippen molar-refractivity contribution in [1.82, 2.24) is 16.0 Å². The fourth-order valence-electron chi connectivity index (χ4n) is 1.77. The van der Waals surface area contributed by atoms with Gasteiger partial charge in [-0.2, -0.15) is 0 Å². The zero-order valence-corrected chi connectivity index (χ0v) is 11.9. The van der Waals surface area contributed by atoms with E-state index in [1.54, 1.807) is 0 Å². The molecule has 0 bridgehead atoms. The zero-order valence-electron chi connectivity index (χ0n) is 11.9. The summed E-state index contributed by atoms with van der Waals surface area (Å²) in [5.74, 6) is 0.125. The molecule has 5 nitrogen and oxygen atoms in total. The molecule has 0 heterocycles. The van der Waals surface area contributed by atoms with Crippen molar-refractivity contribution in [3.05, 3.63) is 0 Å². The molecular formula is C12H25N3O2. The van der Waals surface area contributed by atoms with Crippen LogP contribution in [0.4, 0.5) is 0 Å². The number of amides is 2. The second kappa shape index (κ2) is 6.00. The molecule has 0 spiro atoms. The van der Waals surface area contributed by atoms with Crippen LogP contribution in [0.15, 0.2) is 0 Å². The number of rotatable bonds is 5. The Labute approximate surface area is 104 Å². The van der Waals surface area contributed by atoms with Crippen LogP contribution in [0.2, 0.25) is 0 Å². The molecule has 0 aliphatic carbocycles. The maximum Gasteiger partial charge on any atom is 0.232 e. The monoisotopic (exact) mass is 243 g/mol. The minimum absolute atomic E-state index is 0.203. The number of nitrogens with one attached hydrogen (secondary N) is 2. The van der Waals surface area contributed by atoms with E-state index in [2.05, 4.69) is 38.5 Å². The second-order valence-electron chi connectivity index (χ2n) is 5.21. The van der Waals surface area contributed by atoms with Gasteiger partial charge in [-0.05, 0) is 18.8 Å². The Hall–Kier alpha value is -1.10. The van der Waals surface area contributed by atoms with Crippen LogP contribution in [-0.2, 0) is 9.59 Å². The summed E-state index contributed by atoms with van der Waals surface area (Å²) >= 11 is 0. The quantitative estimate of drug-likeness (QED) is 0.719. The van der Waals surface area contributed by atoms with E-state index in [9.17, 15) is 9.59 Å². The minimum atomic E-state index is -0.350. The molecule has 0 aliphatic rings. The van der Waals surface area contributed by atoms with Crippen molar-refractivity contribution in [1.29, 1.82) is 0 Å². The zero-order chi connectivity index (χ0) is 13.8. The molecule has 0 aromatic rings. The summed E-state index contributed by atoms with van der Waals surface area (Å²) in [4.78, 5) is 22.4. The Morgan fingerprint density at radius 3 is 1.41 bits per heavy atom. The number of hydrogen-bond donors (Lipinski definition) is 2. The van der Waals surface area contributed by atoms with Gasteiger partial charge in [0.15, 0.2) is 0 Å². The van der Waals surface area contributed by atoms with Gasteiger partial charge in [0, 0.05) is 13.8 Å². The summed E-state index contributed by atoms with van der Waals surface area (Å²) in [5.41, 5.74) is 5.00. The first-order valence-electron chi connectivity index (χ1n) is 5.97. The van der Waals surface area contributed by atoms with Crippen LogP contribution in [0.1, 0.15) is 48.5 Å². The number of nitrogens with zero attached hydrogens (tertiary/aromatic N) is 1.